The van der Waals surface area contributed by atoms with Crippen molar-refractivity contribution in [1.82, 2.24) is 0 Å². The van der Waals surface area contributed by atoms with Gasteiger partial charge in [-0.15, -0.1) is 0 Å². The van der Waals surface area contributed by atoms with E-state index in [-0.39, 0.29) is 35.3 Å². The number of alkyl halides is 2. The van der Waals surface area contributed by atoms with E-state index < -0.39 is 45.4 Å². The highest BCUT2D eigenvalue weighted by Gasteiger charge is 2.54. The molecule has 0 saturated carbocycles. The summed E-state index contributed by atoms with van der Waals surface area (Å²) in [6, 6.07) is 1.35. The number of hydrogen-bond donors (Lipinski definition) is 4. The van der Waals surface area contributed by atoms with Crippen LogP contribution in [0.15, 0.2) is 10.5 Å². The number of rotatable bonds is 12. The Hall–Kier alpha value is -2.06. The van der Waals surface area contributed by atoms with Gasteiger partial charge in [-0.1, -0.05) is 27.7 Å². The Kier molecular flexibility index (Phi) is 7.66. The smallest absolute Gasteiger partial charge is 0.430 e. The number of furan rings is 2. The van der Waals surface area contributed by atoms with Gasteiger partial charge in [0, 0.05) is 17.2 Å². The van der Waals surface area contributed by atoms with Crippen molar-refractivity contribution in [3.63, 3.8) is 0 Å². The summed E-state index contributed by atoms with van der Waals surface area (Å²) in [7, 11) is -6.04. The van der Waals surface area contributed by atoms with Gasteiger partial charge in [-0.3, -0.25) is 4.55 Å². The monoisotopic (exact) mass is 498 g/mol. The topological polar surface area (TPSA) is 164 Å². The second kappa shape index (κ2) is 9.29. The molecule has 2 heterocycles. The van der Waals surface area contributed by atoms with Crippen LogP contribution < -0.4 is 4.74 Å². The van der Waals surface area contributed by atoms with Crippen LogP contribution in [0.3, 0.4) is 0 Å². The van der Waals surface area contributed by atoms with Gasteiger partial charge in [0.25, 0.3) is 6.29 Å². The predicted octanol–water partition coefficient (Wildman–Crippen LogP) is 2.61. The number of fused-ring (bicyclic) bond motifs is 2. The van der Waals surface area contributed by atoms with Gasteiger partial charge in [-0.2, -0.15) is 17.2 Å². The van der Waals surface area contributed by atoms with Crippen LogP contribution in [0.25, 0.3) is 11.2 Å². The fourth-order valence-electron chi connectivity index (χ4n) is 3.62. The second-order valence-electron chi connectivity index (χ2n) is 7.70. The van der Waals surface area contributed by atoms with Crippen LogP contribution in [0, 0.1) is 0 Å². The largest absolute Gasteiger partial charge is 0.478 e. The van der Waals surface area contributed by atoms with E-state index in [1.54, 1.807) is 27.7 Å². The molecule has 4 N–H and O–H groups in total. The van der Waals surface area contributed by atoms with Crippen LogP contribution >= 0.6 is 0 Å². The molecule has 0 aromatic carbocycles. The van der Waals surface area contributed by atoms with Crippen molar-refractivity contribution in [1.29, 1.82) is 0 Å². The SMILES string of the molecule is CCC(O)(CC)c1c(C(O)(CC)CC)c2oc1cc2OCC(=O)OC(O)C(F)(F)S(=O)(=O)O. The number of ether oxygens (including phenoxy) is 2. The Bertz CT molecular complexity index is 1070. The molecule has 0 fully saturated rings. The Labute approximate surface area is 189 Å². The van der Waals surface area contributed by atoms with Gasteiger partial charge in [0.2, 0.25) is 0 Å². The molecule has 2 rings (SSSR count). The molecule has 1 unspecified atom stereocenters. The summed E-state index contributed by atoms with van der Waals surface area (Å²) in [6.45, 7) is 5.98. The lowest BCUT2D eigenvalue weighted by molar-refractivity contribution is -0.206. The summed E-state index contributed by atoms with van der Waals surface area (Å²) in [6.07, 6.45) is -2.30. The van der Waals surface area contributed by atoms with Gasteiger partial charge >= 0.3 is 21.3 Å². The molecule has 0 spiro atoms. The Morgan fingerprint density at radius 2 is 1.55 bits per heavy atom. The van der Waals surface area contributed by atoms with E-state index in [1.807, 2.05) is 0 Å². The molecule has 2 bridgehead atoms. The number of carbonyl (C=O) groups excluding carboxylic acids is 1. The highest BCUT2D eigenvalue weighted by Crippen LogP contribution is 2.50. The summed E-state index contributed by atoms with van der Waals surface area (Å²) in [5.41, 5.74) is -1.78. The van der Waals surface area contributed by atoms with Crippen LogP contribution in [0.1, 0.15) is 64.5 Å². The second-order valence-corrected chi connectivity index (χ2v) is 9.19. The van der Waals surface area contributed by atoms with E-state index in [2.05, 4.69) is 4.74 Å². The molecule has 0 saturated heterocycles. The zero-order valence-electron chi connectivity index (χ0n) is 18.6. The Morgan fingerprint density at radius 1 is 1.06 bits per heavy atom. The molecule has 2 aromatic rings. The summed E-state index contributed by atoms with van der Waals surface area (Å²) >= 11 is 0. The number of aliphatic hydroxyl groups is 3. The van der Waals surface area contributed by atoms with Crippen LogP contribution in [0.5, 0.6) is 5.75 Å². The van der Waals surface area contributed by atoms with Crippen LogP contribution in [-0.2, 0) is 30.9 Å². The maximum atomic E-state index is 13.3. The lowest BCUT2D eigenvalue weighted by Crippen LogP contribution is -2.44. The molecule has 0 amide bonds. The molecule has 0 aliphatic carbocycles. The number of aliphatic hydroxyl groups excluding tert-OH is 1. The minimum atomic E-state index is -6.04. The average molecular weight is 498 g/mol. The molecule has 13 heteroatoms. The maximum absolute atomic E-state index is 13.3. The third-order valence-electron chi connectivity index (χ3n) is 5.91. The van der Waals surface area contributed by atoms with Crippen LogP contribution in [-0.4, -0.2) is 52.4 Å². The number of hydrogen-bond acceptors (Lipinski definition) is 9. The first-order chi connectivity index (χ1) is 15.1. The van der Waals surface area contributed by atoms with E-state index in [1.165, 1.54) is 6.07 Å². The molecule has 188 valence electrons. The van der Waals surface area contributed by atoms with Crippen molar-refractivity contribution in [3.8, 4) is 5.75 Å². The highest BCUT2D eigenvalue weighted by molar-refractivity contribution is 7.86. The van der Waals surface area contributed by atoms with E-state index in [9.17, 15) is 32.2 Å². The number of benzene rings is 1. The number of carbonyl (C=O) groups is 1. The summed E-state index contributed by atoms with van der Waals surface area (Å²) in [5, 5.41) is 26.4. The molecule has 0 aliphatic rings. The van der Waals surface area contributed by atoms with Crippen molar-refractivity contribution < 1.29 is 55.8 Å². The summed E-state index contributed by atoms with van der Waals surface area (Å²) in [4.78, 5) is 11.8. The maximum Gasteiger partial charge on any atom is 0.430 e. The average Bonchev–Trinajstić information content (AvgIpc) is 3.34. The standard InChI is InChI=1S/C20H28F2O10S/c1-5-18(25,6-2)14-11-9-12(16(31-11)15(14)19(26,7-3)8-4)30-10-13(23)32-17(24)20(21,22)33(27,28)29/h9,17,24-26H,5-8,10H2,1-4H3,(H,27,28,29). The lowest BCUT2D eigenvalue weighted by Gasteiger charge is -2.33. The molecule has 33 heavy (non-hydrogen) atoms. The number of esters is 1. The molecular formula is C20H28F2O10S. The van der Waals surface area contributed by atoms with Gasteiger partial charge in [0.1, 0.15) is 5.58 Å². The van der Waals surface area contributed by atoms with E-state index in [4.69, 9.17) is 18.8 Å². The first kappa shape index (κ1) is 27.2. The van der Waals surface area contributed by atoms with Crippen LogP contribution in [0.4, 0.5) is 8.78 Å². The molecule has 0 radical (unpaired) electrons. The quantitative estimate of drug-likeness (QED) is 0.194. The van der Waals surface area contributed by atoms with Gasteiger partial charge in [-0.05, 0) is 25.7 Å². The predicted molar refractivity (Wildman–Crippen MR) is 110 cm³/mol. The Morgan fingerprint density at radius 3 is 2.00 bits per heavy atom. The van der Waals surface area contributed by atoms with Crippen molar-refractivity contribution >= 4 is 27.3 Å². The fraction of sp³-hybridized carbons (Fsp3) is 0.650. The van der Waals surface area contributed by atoms with Gasteiger partial charge < -0.3 is 29.2 Å². The minimum absolute atomic E-state index is 0.0446. The normalized spacial score (nSPS) is 14.6. The summed E-state index contributed by atoms with van der Waals surface area (Å²) < 4.78 is 71.2. The zero-order valence-corrected chi connectivity index (χ0v) is 19.4. The first-order valence-corrected chi connectivity index (χ1v) is 11.8. The lowest BCUT2D eigenvalue weighted by atomic mass is 9.77. The molecule has 2 aromatic heterocycles. The van der Waals surface area contributed by atoms with E-state index in [0.717, 1.165) is 0 Å². The van der Waals surface area contributed by atoms with Gasteiger partial charge in [0.15, 0.2) is 17.9 Å². The fourth-order valence-corrected chi connectivity index (χ4v) is 3.92. The van der Waals surface area contributed by atoms with Crippen molar-refractivity contribution in [2.45, 2.75) is 76.1 Å². The zero-order chi connectivity index (χ0) is 25.4. The summed E-state index contributed by atoms with van der Waals surface area (Å²) in [5.74, 6) is -1.61. The third-order valence-corrected chi connectivity index (χ3v) is 6.80. The van der Waals surface area contributed by atoms with Crippen molar-refractivity contribution in [2.75, 3.05) is 6.61 Å². The van der Waals surface area contributed by atoms with Crippen LogP contribution in [0.2, 0.25) is 0 Å². The van der Waals surface area contributed by atoms with Crippen molar-refractivity contribution in [2.24, 2.45) is 0 Å². The number of halogens is 2. The van der Waals surface area contributed by atoms with Gasteiger partial charge in [-0.25, -0.2) is 4.79 Å². The van der Waals surface area contributed by atoms with Crippen molar-refractivity contribution in [3.05, 3.63) is 17.2 Å². The van der Waals surface area contributed by atoms with E-state index >= 15 is 0 Å². The Balaban J connectivity index is 2.35. The molecular weight excluding hydrogens is 470 g/mol. The van der Waals surface area contributed by atoms with Gasteiger partial charge in [0.05, 0.1) is 11.2 Å². The van der Waals surface area contributed by atoms with E-state index in [0.29, 0.717) is 18.4 Å². The molecule has 0 aliphatic heterocycles. The molecule has 10 nitrogen and oxygen atoms in total. The third kappa shape index (κ3) is 4.78. The minimum Gasteiger partial charge on any atom is -0.478 e. The first-order valence-electron chi connectivity index (χ1n) is 10.3. The molecule has 1 atom stereocenters. The highest BCUT2D eigenvalue weighted by atomic mass is 32.2.